The largest absolute Gasteiger partial charge is 0.493 e. The molecule has 0 aliphatic carbocycles. The number of benzene rings is 2. The number of thioether (sulfide) groups is 1. The van der Waals surface area contributed by atoms with Crippen LogP contribution in [0.2, 0.25) is 0 Å². The summed E-state index contributed by atoms with van der Waals surface area (Å²) in [5.74, 6) is 1.50. The van der Waals surface area contributed by atoms with E-state index in [9.17, 15) is 4.79 Å². The van der Waals surface area contributed by atoms with Gasteiger partial charge in [0.05, 0.1) is 17.7 Å². The number of aromatic nitrogens is 2. The van der Waals surface area contributed by atoms with Gasteiger partial charge in [0.2, 0.25) is 0 Å². The molecule has 6 nitrogen and oxygen atoms in total. The minimum absolute atomic E-state index is 0.0756. The molecule has 2 aromatic heterocycles. The fourth-order valence-corrected chi connectivity index (χ4v) is 5.14. The Morgan fingerprint density at radius 3 is 2.71 bits per heavy atom. The fraction of sp³-hybridized carbons (Fsp3) is 0.192. The molecule has 0 unspecified atom stereocenters. The number of furan rings is 1. The zero-order valence-electron chi connectivity index (χ0n) is 19.0. The molecular weight excluding hydrogens is 466 g/mol. The van der Waals surface area contributed by atoms with Gasteiger partial charge in [0.15, 0.2) is 17.1 Å². The average Bonchev–Trinajstić information content (AvgIpc) is 3.52. The van der Waals surface area contributed by atoms with Crippen molar-refractivity contribution in [3.63, 3.8) is 0 Å². The molecule has 1 amide bonds. The van der Waals surface area contributed by atoms with E-state index in [2.05, 4.69) is 13.8 Å². The molecule has 1 saturated heterocycles. The van der Waals surface area contributed by atoms with Gasteiger partial charge in [-0.05, 0) is 36.3 Å². The predicted molar refractivity (Wildman–Crippen MR) is 140 cm³/mol. The van der Waals surface area contributed by atoms with Crippen LogP contribution in [0.4, 0.5) is 0 Å². The van der Waals surface area contributed by atoms with E-state index in [1.807, 2.05) is 66.9 Å². The number of rotatable bonds is 6. The summed E-state index contributed by atoms with van der Waals surface area (Å²) in [7, 11) is 1.62. The fourth-order valence-electron chi connectivity index (χ4n) is 3.87. The highest BCUT2D eigenvalue weighted by Gasteiger charge is 2.33. The lowest BCUT2D eigenvalue weighted by molar-refractivity contribution is -0.122. The highest BCUT2D eigenvalue weighted by molar-refractivity contribution is 8.26. The van der Waals surface area contributed by atoms with Crippen LogP contribution in [0.5, 0.6) is 5.75 Å². The van der Waals surface area contributed by atoms with Crippen LogP contribution in [-0.2, 0) is 4.79 Å². The number of amides is 1. The average molecular weight is 490 g/mol. The second kappa shape index (κ2) is 9.12. The predicted octanol–water partition coefficient (Wildman–Crippen LogP) is 6.15. The Morgan fingerprint density at radius 2 is 1.97 bits per heavy atom. The minimum Gasteiger partial charge on any atom is -0.493 e. The van der Waals surface area contributed by atoms with Gasteiger partial charge in [-0.1, -0.05) is 68.2 Å². The van der Waals surface area contributed by atoms with Gasteiger partial charge >= 0.3 is 0 Å². The van der Waals surface area contributed by atoms with Crippen LogP contribution in [-0.4, -0.2) is 38.6 Å². The molecule has 0 bridgehead atoms. The topological polar surface area (TPSA) is 60.5 Å². The van der Waals surface area contributed by atoms with Crippen molar-refractivity contribution in [3.8, 4) is 22.9 Å². The van der Waals surface area contributed by atoms with Crippen LogP contribution in [0.1, 0.15) is 19.4 Å². The van der Waals surface area contributed by atoms with E-state index < -0.39 is 0 Å². The molecule has 34 heavy (non-hydrogen) atoms. The van der Waals surface area contributed by atoms with Crippen molar-refractivity contribution in [2.75, 3.05) is 13.7 Å². The van der Waals surface area contributed by atoms with Crippen LogP contribution < -0.4 is 4.74 Å². The molecule has 0 radical (unpaired) electrons. The molecule has 0 atom stereocenters. The van der Waals surface area contributed by atoms with E-state index in [0.29, 0.717) is 44.5 Å². The molecule has 0 spiro atoms. The van der Waals surface area contributed by atoms with Gasteiger partial charge in [-0.25, -0.2) is 4.68 Å². The second-order valence-electron chi connectivity index (χ2n) is 8.39. The van der Waals surface area contributed by atoms with Gasteiger partial charge in [0.1, 0.15) is 10.0 Å². The van der Waals surface area contributed by atoms with Crippen molar-refractivity contribution >= 4 is 51.3 Å². The first kappa shape index (κ1) is 22.4. The van der Waals surface area contributed by atoms with E-state index in [4.69, 9.17) is 26.5 Å². The number of para-hydroxylation sites is 2. The third kappa shape index (κ3) is 4.15. The summed E-state index contributed by atoms with van der Waals surface area (Å²) in [5.41, 5.74) is 2.97. The first-order valence-corrected chi connectivity index (χ1v) is 12.1. The van der Waals surface area contributed by atoms with Crippen molar-refractivity contribution in [2.24, 2.45) is 5.92 Å². The molecule has 1 fully saturated rings. The summed E-state index contributed by atoms with van der Waals surface area (Å²) in [6.45, 7) is 4.74. The molecule has 3 heterocycles. The third-order valence-corrected chi connectivity index (χ3v) is 6.81. The molecule has 4 aromatic rings. The summed E-state index contributed by atoms with van der Waals surface area (Å²) in [5, 5.41) is 5.74. The zero-order valence-corrected chi connectivity index (χ0v) is 20.7. The number of thiocarbonyl (C=S) groups is 1. The maximum atomic E-state index is 13.1. The lowest BCUT2D eigenvalue weighted by Gasteiger charge is -2.16. The van der Waals surface area contributed by atoms with Crippen LogP contribution in [0, 0.1) is 5.92 Å². The molecule has 1 aliphatic heterocycles. The summed E-state index contributed by atoms with van der Waals surface area (Å²) in [6, 6.07) is 17.5. The van der Waals surface area contributed by atoms with Gasteiger partial charge in [-0.3, -0.25) is 9.69 Å². The minimum atomic E-state index is -0.0756. The molecule has 5 rings (SSSR count). The zero-order chi connectivity index (χ0) is 23.8. The quantitative estimate of drug-likeness (QED) is 0.239. The maximum Gasteiger partial charge on any atom is 0.266 e. The van der Waals surface area contributed by atoms with Gasteiger partial charge in [-0.2, -0.15) is 5.10 Å². The number of hydrogen-bond acceptors (Lipinski definition) is 6. The summed E-state index contributed by atoms with van der Waals surface area (Å²) >= 11 is 6.80. The molecule has 0 N–H and O–H groups in total. The Morgan fingerprint density at radius 1 is 1.18 bits per heavy atom. The summed E-state index contributed by atoms with van der Waals surface area (Å²) in [6.07, 6.45) is 3.76. The van der Waals surface area contributed by atoms with Crippen LogP contribution in [0.25, 0.3) is 34.2 Å². The van der Waals surface area contributed by atoms with Crippen molar-refractivity contribution in [1.82, 2.24) is 14.7 Å². The first-order valence-electron chi connectivity index (χ1n) is 10.9. The van der Waals surface area contributed by atoms with E-state index in [1.165, 1.54) is 11.8 Å². The van der Waals surface area contributed by atoms with Crippen molar-refractivity contribution < 1.29 is 13.9 Å². The molecule has 1 aliphatic rings. The number of methoxy groups -OCH3 is 1. The molecular formula is C26H23N3O3S2. The second-order valence-corrected chi connectivity index (χ2v) is 10.1. The maximum absolute atomic E-state index is 13.1. The number of fused-ring (bicyclic) bond motifs is 1. The Hall–Kier alpha value is -3.36. The number of carbonyl (C=O) groups excluding carboxylic acids is 1. The lowest BCUT2D eigenvalue weighted by atomic mass is 10.1. The van der Waals surface area contributed by atoms with Crippen molar-refractivity contribution in [2.45, 2.75) is 13.8 Å². The van der Waals surface area contributed by atoms with Crippen LogP contribution in [0.15, 0.2) is 70.1 Å². The molecule has 8 heteroatoms. The smallest absolute Gasteiger partial charge is 0.266 e. The number of ether oxygens (including phenoxy) is 1. The first-order chi connectivity index (χ1) is 16.4. The van der Waals surface area contributed by atoms with Gasteiger partial charge < -0.3 is 9.15 Å². The van der Waals surface area contributed by atoms with E-state index in [0.717, 1.165) is 16.6 Å². The Balaban J connectivity index is 1.63. The standard InChI is InChI=1S/C26H23N3O3S2/c1-16(2)14-28-25(30)22(34-26(28)33)13-18-15-29(19-9-5-4-6-10-19)27-23(18)21-12-17-8-7-11-20(31-3)24(17)32-21/h4-13,15-16H,14H2,1-3H3/b22-13+. The highest BCUT2D eigenvalue weighted by Crippen LogP contribution is 2.38. The van der Waals surface area contributed by atoms with Crippen LogP contribution >= 0.6 is 24.0 Å². The highest BCUT2D eigenvalue weighted by atomic mass is 32.2. The molecule has 172 valence electrons. The van der Waals surface area contributed by atoms with E-state index in [-0.39, 0.29) is 5.91 Å². The summed E-state index contributed by atoms with van der Waals surface area (Å²) < 4.78 is 14.0. The van der Waals surface area contributed by atoms with Crippen LogP contribution in [0.3, 0.4) is 0 Å². The van der Waals surface area contributed by atoms with Crippen molar-refractivity contribution in [3.05, 3.63) is 71.3 Å². The van der Waals surface area contributed by atoms with Gasteiger partial charge in [0, 0.05) is 23.7 Å². The number of carbonyl (C=O) groups is 1. The third-order valence-electron chi connectivity index (χ3n) is 5.43. The van der Waals surface area contributed by atoms with Gasteiger partial charge in [0.25, 0.3) is 5.91 Å². The van der Waals surface area contributed by atoms with Gasteiger partial charge in [-0.15, -0.1) is 0 Å². The van der Waals surface area contributed by atoms with E-state index in [1.54, 1.807) is 16.7 Å². The Bertz CT molecular complexity index is 1420. The number of hydrogen-bond donors (Lipinski definition) is 0. The van der Waals surface area contributed by atoms with Crippen molar-refractivity contribution in [1.29, 1.82) is 0 Å². The molecule has 0 saturated carbocycles. The van der Waals surface area contributed by atoms with E-state index >= 15 is 0 Å². The summed E-state index contributed by atoms with van der Waals surface area (Å²) in [4.78, 5) is 15.3. The lowest BCUT2D eigenvalue weighted by Crippen LogP contribution is -2.31. The monoisotopic (exact) mass is 489 g/mol. The molecule has 2 aromatic carbocycles. The number of nitrogens with zero attached hydrogens (tertiary/aromatic N) is 3. The normalized spacial score (nSPS) is 15.3. The SMILES string of the molecule is COc1cccc2cc(-c3nn(-c4ccccc4)cc3/C=C3/SC(=S)N(CC(C)C)C3=O)oc12. The Labute approximate surface area is 207 Å². The Kier molecular flexibility index (Phi) is 6.02.